The van der Waals surface area contributed by atoms with Crippen molar-refractivity contribution in [1.29, 1.82) is 0 Å². The van der Waals surface area contributed by atoms with Crippen molar-refractivity contribution < 1.29 is 13.2 Å². The number of benzene rings is 1. The summed E-state index contributed by atoms with van der Waals surface area (Å²) < 4.78 is 28.8. The zero-order valence-electron chi connectivity index (χ0n) is 17.2. The first kappa shape index (κ1) is 20.8. The number of hydrogen-bond acceptors (Lipinski definition) is 4. The van der Waals surface area contributed by atoms with Crippen molar-refractivity contribution >= 4 is 27.5 Å². The summed E-state index contributed by atoms with van der Waals surface area (Å²) in [6.45, 7) is 8.40. The Hall–Kier alpha value is -1.89. The molecule has 2 N–H and O–H groups in total. The van der Waals surface area contributed by atoms with E-state index in [4.69, 9.17) is 0 Å². The van der Waals surface area contributed by atoms with Gasteiger partial charge in [-0.05, 0) is 35.8 Å². The van der Waals surface area contributed by atoms with Crippen LogP contribution in [0.15, 0.2) is 33.6 Å². The highest BCUT2D eigenvalue weighted by molar-refractivity contribution is 7.90. The number of para-hydroxylation sites is 1. The minimum atomic E-state index is -3.70. The third kappa shape index (κ3) is 4.74. The standard InChI is InChI=1S/C21H31N3O3S/c1-14-8-7-10-16(15(14)2)23-20(25)13-21(3,4)12-19-22-17-9-5-6-11-18(17)28(26,27)24-19/h5-6,9,11,14-16H,7-8,10,12-13H2,1-4H3,(H,22,24)(H,23,25)/t14-,15+,16-/m1/s1. The molecule has 1 aliphatic heterocycles. The molecule has 1 fully saturated rings. The van der Waals surface area contributed by atoms with Crippen LogP contribution in [0.3, 0.4) is 0 Å². The Morgan fingerprint density at radius 2 is 1.96 bits per heavy atom. The molecule has 0 bridgehead atoms. The molecule has 0 aromatic heterocycles. The van der Waals surface area contributed by atoms with E-state index in [0.717, 1.165) is 12.8 Å². The van der Waals surface area contributed by atoms with Crippen LogP contribution in [0.5, 0.6) is 0 Å². The summed E-state index contributed by atoms with van der Waals surface area (Å²) in [4.78, 5) is 12.8. The second kappa shape index (κ2) is 7.85. The first-order valence-electron chi connectivity index (χ1n) is 10.1. The van der Waals surface area contributed by atoms with E-state index in [1.54, 1.807) is 24.3 Å². The predicted molar refractivity (Wildman–Crippen MR) is 112 cm³/mol. The van der Waals surface area contributed by atoms with Crippen molar-refractivity contribution in [3.63, 3.8) is 0 Å². The zero-order valence-corrected chi connectivity index (χ0v) is 18.0. The van der Waals surface area contributed by atoms with Gasteiger partial charge in [0.15, 0.2) is 0 Å². The molecule has 6 nitrogen and oxygen atoms in total. The summed E-state index contributed by atoms with van der Waals surface area (Å²) in [6, 6.07) is 6.97. The van der Waals surface area contributed by atoms with Gasteiger partial charge in [-0.2, -0.15) is 8.42 Å². The maximum atomic E-state index is 12.7. The number of amides is 1. The van der Waals surface area contributed by atoms with Crippen molar-refractivity contribution in [3.05, 3.63) is 24.3 Å². The highest BCUT2D eigenvalue weighted by atomic mass is 32.2. The van der Waals surface area contributed by atoms with Crippen LogP contribution in [-0.4, -0.2) is 26.2 Å². The van der Waals surface area contributed by atoms with Gasteiger partial charge < -0.3 is 10.6 Å². The highest BCUT2D eigenvalue weighted by Crippen LogP contribution is 2.33. The largest absolute Gasteiger partial charge is 0.353 e. The van der Waals surface area contributed by atoms with Crippen molar-refractivity contribution in [1.82, 2.24) is 5.32 Å². The molecule has 1 heterocycles. The molecule has 1 aliphatic carbocycles. The smallest absolute Gasteiger partial charge is 0.286 e. The number of sulfonamides is 1. The molecule has 0 saturated heterocycles. The molecule has 28 heavy (non-hydrogen) atoms. The number of anilines is 1. The molecule has 0 radical (unpaired) electrons. The van der Waals surface area contributed by atoms with Crippen LogP contribution >= 0.6 is 0 Å². The number of rotatable bonds is 5. The van der Waals surface area contributed by atoms with Gasteiger partial charge >= 0.3 is 0 Å². The lowest BCUT2D eigenvalue weighted by atomic mass is 9.77. The van der Waals surface area contributed by atoms with E-state index in [2.05, 4.69) is 28.9 Å². The van der Waals surface area contributed by atoms with E-state index >= 15 is 0 Å². The number of amidine groups is 1. The second-order valence-corrected chi connectivity index (χ2v) is 10.7. The average Bonchev–Trinajstić information content (AvgIpc) is 2.57. The Kier molecular flexibility index (Phi) is 5.84. The Morgan fingerprint density at radius 3 is 2.71 bits per heavy atom. The van der Waals surface area contributed by atoms with Gasteiger partial charge in [-0.3, -0.25) is 4.79 Å². The van der Waals surface area contributed by atoms with Crippen LogP contribution in [0.2, 0.25) is 0 Å². The van der Waals surface area contributed by atoms with Gasteiger partial charge in [0.1, 0.15) is 10.7 Å². The van der Waals surface area contributed by atoms with Crippen LogP contribution in [0.25, 0.3) is 0 Å². The Labute approximate surface area is 168 Å². The molecule has 1 amide bonds. The molecular weight excluding hydrogens is 374 g/mol. The van der Waals surface area contributed by atoms with Crippen molar-refractivity contribution in [2.75, 3.05) is 5.32 Å². The summed E-state index contributed by atoms with van der Waals surface area (Å²) >= 11 is 0. The van der Waals surface area contributed by atoms with Crippen molar-refractivity contribution in [3.8, 4) is 0 Å². The summed E-state index contributed by atoms with van der Waals surface area (Å²) in [5, 5.41) is 6.32. The number of carbonyl (C=O) groups excluding carboxylic acids is 1. The van der Waals surface area contributed by atoms with E-state index in [0.29, 0.717) is 36.2 Å². The summed E-state index contributed by atoms with van der Waals surface area (Å²) in [5.74, 6) is 1.51. The molecule has 3 rings (SSSR count). The van der Waals surface area contributed by atoms with Gasteiger partial charge in [0, 0.05) is 18.9 Å². The Balaban J connectivity index is 1.64. The lowest BCUT2D eigenvalue weighted by molar-refractivity contribution is -0.124. The maximum absolute atomic E-state index is 12.7. The summed E-state index contributed by atoms with van der Waals surface area (Å²) in [7, 11) is -3.70. The van der Waals surface area contributed by atoms with Crippen LogP contribution in [0.4, 0.5) is 5.69 Å². The number of nitrogens with zero attached hydrogens (tertiary/aromatic N) is 1. The van der Waals surface area contributed by atoms with Crippen molar-refractivity contribution in [2.45, 2.75) is 70.7 Å². The van der Waals surface area contributed by atoms with Crippen LogP contribution in [0.1, 0.15) is 59.8 Å². The fraction of sp³-hybridized carbons (Fsp3) is 0.619. The van der Waals surface area contributed by atoms with Crippen molar-refractivity contribution in [2.24, 2.45) is 21.6 Å². The van der Waals surface area contributed by atoms with Gasteiger partial charge in [0.05, 0.1) is 5.69 Å². The van der Waals surface area contributed by atoms with E-state index in [-0.39, 0.29) is 16.8 Å². The normalized spacial score (nSPS) is 26.6. The number of carbonyl (C=O) groups is 1. The zero-order chi connectivity index (χ0) is 20.5. The summed E-state index contributed by atoms with van der Waals surface area (Å²) in [5.41, 5.74) is 0.124. The van der Waals surface area contributed by atoms with E-state index in [9.17, 15) is 13.2 Å². The monoisotopic (exact) mass is 405 g/mol. The molecule has 0 spiro atoms. The summed E-state index contributed by atoms with van der Waals surface area (Å²) in [6.07, 6.45) is 4.11. The molecule has 1 aromatic rings. The quantitative estimate of drug-likeness (QED) is 0.776. The van der Waals surface area contributed by atoms with E-state index in [1.807, 2.05) is 13.8 Å². The van der Waals surface area contributed by atoms with Gasteiger partial charge in [0.25, 0.3) is 10.0 Å². The van der Waals surface area contributed by atoms with Gasteiger partial charge in [-0.25, -0.2) is 0 Å². The lowest BCUT2D eigenvalue weighted by Crippen LogP contribution is -2.45. The number of nitrogens with one attached hydrogen (secondary N) is 2. The Bertz CT molecular complexity index is 877. The maximum Gasteiger partial charge on any atom is 0.286 e. The molecule has 7 heteroatoms. The Morgan fingerprint density at radius 1 is 1.25 bits per heavy atom. The molecule has 1 aromatic carbocycles. The SMILES string of the molecule is C[C@H]1[C@H](C)CCC[C@H]1NC(=O)CC(C)(C)CC1=NS(=O)(=O)c2ccccc2N1. The number of fused-ring (bicyclic) bond motifs is 1. The van der Waals surface area contributed by atoms with Crippen LogP contribution in [0, 0.1) is 17.3 Å². The van der Waals surface area contributed by atoms with Crippen LogP contribution in [-0.2, 0) is 14.8 Å². The second-order valence-electron chi connectivity index (χ2n) is 9.09. The fourth-order valence-electron chi connectivity index (χ4n) is 4.24. The van der Waals surface area contributed by atoms with E-state index in [1.165, 1.54) is 6.42 Å². The molecule has 0 unspecified atom stereocenters. The van der Waals surface area contributed by atoms with Gasteiger partial charge in [-0.15, -0.1) is 4.40 Å². The fourth-order valence-corrected chi connectivity index (χ4v) is 5.38. The molecule has 2 aliphatic rings. The molecule has 154 valence electrons. The minimum absolute atomic E-state index is 0.0237. The number of hydrogen-bond donors (Lipinski definition) is 2. The third-order valence-corrected chi connectivity index (χ3v) is 7.39. The molecule has 3 atom stereocenters. The lowest BCUT2D eigenvalue weighted by Gasteiger charge is -2.35. The average molecular weight is 406 g/mol. The highest BCUT2D eigenvalue weighted by Gasteiger charge is 2.32. The first-order valence-corrected chi connectivity index (χ1v) is 11.5. The van der Waals surface area contributed by atoms with Gasteiger partial charge in [-0.1, -0.05) is 52.7 Å². The van der Waals surface area contributed by atoms with E-state index < -0.39 is 15.4 Å². The molecular formula is C21H31N3O3S. The first-order chi connectivity index (χ1) is 13.1. The third-order valence-electron chi connectivity index (χ3n) is 6.01. The molecule has 1 saturated carbocycles. The minimum Gasteiger partial charge on any atom is -0.353 e. The van der Waals surface area contributed by atoms with Crippen LogP contribution < -0.4 is 10.6 Å². The predicted octanol–water partition coefficient (Wildman–Crippen LogP) is 3.95. The van der Waals surface area contributed by atoms with Gasteiger partial charge in [0.2, 0.25) is 5.91 Å². The topological polar surface area (TPSA) is 87.6 Å².